The third-order valence-electron chi connectivity index (χ3n) is 2.09. The minimum atomic E-state index is 0.670. The Hall–Kier alpha value is -0.0800. The average Bonchev–Trinajstić information content (AvgIpc) is 2.15. The summed E-state index contributed by atoms with van der Waals surface area (Å²) in [6.07, 6.45) is 5.17. The second-order valence-electron chi connectivity index (χ2n) is 4.24. The van der Waals surface area contributed by atoms with E-state index in [1.165, 1.54) is 32.2 Å². The summed E-state index contributed by atoms with van der Waals surface area (Å²) in [5, 5.41) is 3.33. The molecule has 0 aromatic rings. The molecule has 1 N–H and O–H groups in total. The average molecular weight is 201 g/mol. The highest BCUT2D eigenvalue weighted by atomic mass is 16.5. The van der Waals surface area contributed by atoms with Gasteiger partial charge >= 0.3 is 0 Å². The number of unbranched alkanes of at least 4 members (excludes halogenated alkanes) is 3. The molecule has 0 rings (SSSR count). The van der Waals surface area contributed by atoms with E-state index in [0.29, 0.717) is 5.92 Å². The van der Waals surface area contributed by atoms with E-state index in [-0.39, 0.29) is 0 Å². The molecule has 0 aliphatic rings. The van der Waals surface area contributed by atoms with Gasteiger partial charge in [-0.25, -0.2) is 0 Å². The molecule has 0 heterocycles. The fourth-order valence-electron chi connectivity index (χ4n) is 1.30. The van der Waals surface area contributed by atoms with E-state index in [9.17, 15) is 0 Å². The van der Waals surface area contributed by atoms with E-state index in [4.69, 9.17) is 4.74 Å². The van der Waals surface area contributed by atoms with Crippen molar-refractivity contribution in [3.8, 4) is 0 Å². The monoisotopic (exact) mass is 201 g/mol. The van der Waals surface area contributed by atoms with Crippen LogP contribution < -0.4 is 5.32 Å². The molecule has 86 valence electrons. The quantitative estimate of drug-likeness (QED) is 0.549. The highest BCUT2D eigenvalue weighted by Crippen LogP contribution is 2.00. The van der Waals surface area contributed by atoms with E-state index in [1.807, 2.05) is 0 Å². The molecule has 0 atom stereocenters. The van der Waals surface area contributed by atoms with Crippen molar-refractivity contribution >= 4 is 0 Å². The molecule has 0 aliphatic carbocycles. The molecule has 14 heavy (non-hydrogen) atoms. The molecule has 0 radical (unpaired) electrons. The molecule has 0 amide bonds. The Morgan fingerprint density at radius 2 is 1.79 bits per heavy atom. The molecular weight excluding hydrogens is 174 g/mol. The third-order valence-corrected chi connectivity index (χ3v) is 2.09. The molecule has 0 fully saturated rings. The summed E-state index contributed by atoms with van der Waals surface area (Å²) >= 11 is 0. The zero-order valence-electron chi connectivity index (χ0n) is 10.1. The Labute approximate surface area is 89.4 Å². The van der Waals surface area contributed by atoms with Crippen molar-refractivity contribution in [3.63, 3.8) is 0 Å². The number of hydrogen-bond donors (Lipinski definition) is 1. The van der Waals surface area contributed by atoms with Crippen LogP contribution in [0, 0.1) is 5.92 Å². The minimum absolute atomic E-state index is 0.670. The molecule has 0 saturated heterocycles. The molecule has 0 aliphatic heterocycles. The van der Waals surface area contributed by atoms with Crippen LogP contribution in [0.15, 0.2) is 0 Å². The van der Waals surface area contributed by atoms with Gasteiger partial charge in [0, 0.05) is 13.2 Å². The van der Waals surface area contributed by atoms with Crippen LogP contribution in [0.25, 0.3) is 0 Å². The summed E-state index contributed by atoms with van der Waals surface area (Å²) in [5.74, 6) is 0.670. The van der Waals surface area contributed by atoms with E-state index >= 15 is 0 Å². The normalized spacial score (nSPS) is 11.1. The maximum Gasteiger partial charge on any atom is 0.0488 e. The molecule has 0 spiro atoms. The van der Waals surface area contributed by atoms with Crippen molar-refractivity contribution in [1.29, 1.82) is 0 Å². The minimum Gasteiger partial charge on any atom is -0.381 e. The van der Waals surface area contributed by atoms with Crippen LogP contribution >= 0.6 is 0 Å². The Bertz CT molecular complexity index is 104. The Morgan fingerprint density at radius 1 is 1.07 bits per heavy atom. The van der Waals surface area contributed by atoms with Gasteiger partial charge < -0.3 is 10.1 Å². The number of hydrogen-bond acceptors (Lipinski definition) is 2. The maximum absolute atomic E-state index is 5.51. The molecule has 0 saturated carbocycles. The maximum atomic E-state index is 5.51. The predicted octanol–water partition coefficient (Wildman–Crippen LogP) is 2.83. The van der Waals surface area contributed by atoms with Crippen LogP contribution in [-0.2, 0) is 4.74 Å². The van der Waals surface area contributed by atoms with E-state index in [2.05, 4.69) is 26.1 Å². The smallest absolute Gasteiger partial charge is 0.0488 e. The lowest BCUT2D eigenvalue weighted by atomic mass is 10.2. The first-order chi connectivity index (χ1) is 6.77. The van der Waals surface area contributed by atoms with Gasteiger partial charge in [-0.2, -0.15) is 0 Å². The zero-order chi connectivity index (χ0) is 10.6. The van der Waals surface area contributed by atoms with Gasteiger partial charge in [-0.05, 0) is 31.8 Å². The molecule has 0 aromatic carbocycles. The zero-order valence-corrected chi connectivity index (χ0v) is 10.1. The first kappa shape index (κ1) is 13.9. The van der Waals surface area contributed by atoms with E-state index < -0.39 is 0 Å². The number of ether oxygens (including phenoxy) is 1. The van der Waals surface area contributed by atoms with Crippen molar-refractivity contribution < 1.29 is 4.74 Å². The fraction of sp³-hybridized carbons (Fsp3) is 1.00. The number of nitrogens with one attached hydrogen (secondary N) is 1. The summed E-state index contributed by atoms with van der Waals surface area (Å²) in [4.78, 5) is 0. The second-order valence-corrected chi connectivity index (χ2v) is 4.24. The molecular formula is C12H27NO. The Balaban J connectivity index is 2.85. The molecule has 2 heteroatoms. The molecule has 0 aromatic heterocycles. The third kappa shape index (κ3) is 11.9. The standard InChI is InChI=1S/C12H27NO/c1-4-13-9-7-5-6-8-10-14-11-12(2)3/h12-13H,4-11H2,1-3H3. The van der Waals surface area contributed by atoms with Crippen LogP contribution in [0.3, 0.4) is 0 Å². The van der Waals surface area contributed by atoms with Gasteiger partial charge in [0.15, 0.2) is 0 Å². The SMILES string of the molecule is CCNCCCCCCOCC(C)C. The lowest BCUT2D eigenvalue weighted by Crippen LogP contribution is -2.13. The van der Waals surface area contributed by atoms with Crippen molar-refractivity contribution in [2.45, 2.75) is 46.5 Å². The summed E-state index contributed by atoms with van der Waals surface area (Å²) in [7, 11) is 0. The summed E-state index contributed by atoms with van der Waals surface area (Å²) in [5.41, 5.74) is 0. The van der Waals surface area contributed by atoms with Crippen molar-refractivity contribution in [1.82, 2.24) is 5.32 Å². The van der Waals surface area contributed by atoms with Gasteiger partial charge in [0.05, 0.1) is 0 Å². The highest BCUT2D eigenvalue weighted by molar-refractivity contribution is 4.47. The molecule has 2 nitrogen and oxygen atoms in total. The van der Waals surface area contributed by atoms with Crippen LogP contribution in [-0.4, -0.2) is 26.3 Å². The highest BCUT2D eigenvalue weighted by Gasteiger charge is 1.94. The van der Waals surface area contributed by atoms with E-state index in [0.717, 1.165) is 19.8 Å². The lowest BCUT2D eigenvalue weighted by Gasteiger charge is -2.06. The van der Waals surface area contributed by atoms with Gasteiger partial charge in [-0.15, -0.1) is 0 Å². The van der Waals surface area contributed by atoms with Crippen molar-refractivity contribution in [2.24, 2.45) is 5.92 Å². The Morgan fingerprint density at radius 3 is 2.43 bits per heavy atom. The van der Waals surface area contributed by atoms with Crippen molar-refractivity contribution in [2.75, 3.05) is 26.3 Å². The summed E-state index contributed by atoms with van der Waals surface area (Å²) < 4.78 is 5.51. The van der Waals surface area contributed by atoms with Gasteiger partial charge in [-0.3, -0.25) is 0 Å². The topological polar surface area (TPSA) is 21.3 Å². The van der Waals surface area contributed by atoms with Crippen molar-refractivity contribution in [3.05, 3.63) is 0 Å². The Kier molecular flexibility index (Phi) is 10.9. The molecule has 0 unspecified atom stereocenters. The van der Waals surface area contributed by atoms with Crippen LogP contribution in [0.2, 0.25) is 0 Å². The summed E-state index contributed by atoms with van der Waals surface area (Å²) in [6.45, 7) is 10.7. The van der Waals surface area contributed by atoms with E-state index in [1.54, 1.807) is 0 Å². The molecule has 0 bridgehead atoms. The number of rotatable bonds is 10. The first-order valence-corrected chi connectivity index (χ1v) is 6.05. The van der Waals surface area contributed by atoms with Gasteiger partial charge in [0.2, 0.25) is 0 Å². The van der Waals surface area contributed by atoms with Crippen LogP contribution in [0.1, 0.15) is 46.5 Å². The first-order valence-electron chi connectivity index (χ1n) is 6.05. The summed E-state index contributed by atoms with van der Waals surface area (Å²) in [6, 6.07) is 0. The van der Waals surface area contributed by atoms with Crippen LogP contribution in [0.5, 0.6) is 0 Å². The predicted molar refractivity (Wildman–Crippen MR) is 62.7 cm³/mol. The van der Waals surface area contributed by atoms with Gasteiger partial charge in [0.25, 0.3) is 0 Å². The second kappa shape index (κ2) is 11.0. The van der Waals surface area contributed by atoms with Gasteiger partial charge in [-0.1, -0.05) is 33.6 Å². The lowest BCUT2D eigenvalue weighted by molar-refractivity contribution is 0.106. The van der Waals surface area contributed by atoms with Gasteiger partial charge in [0.1, 0.15) is 0 Å². The largest absolute Gasteiger partial charge is 0.381 e. The fourth-order valence-corrected chi connectivity index (χ4v) is 1.30. The van der Waals surface area contributed by atoms with Crippen LogP contribution in [0.4, 0.5) is 0 Å².